The summed E-state index contributed by atoms with van der Waals surface area (Å²) in [6.07, 6.45) is 1.09. The van der Waals surface area contributed by atoms with E-state index in [1.807, 2.05) is 0 Å². The molecule has 3 aromatic carbocycles. The van der Waals surface area contributed by atoms with Gasteiger partial charge < -0.3 is 14.8 Å². The molecular formula is C25H23ClN2O7S. The molecule has 0 aromatic heterocycles. The third-order valence-electron chi connectivity index (χ3n) is 5.13. The summed E-state index contributed by atoms with van der Waals surface area (Å²) < 4.78 is 35.4. The number of methoxy groups -OCH3 is 2. The summed E-state index contributed by atoms with van der Waals surface area (Å²) in [5, 5.41) is 3.01. The first-order chi connectivity index (χ1) is 17.0. The van der Waals surface area contributed by atoms with Crippen molar-refractivity contribution in [2.75, 3.05) is 30.1 Å². The van der Waals surface area contributed by atoms with E-state index in [9.17, 15) is 22.8 Å². The summed E-state index contributed by atoms with van der Waals surface area (Å²) in [6, 6.07) is 16.8. The molecule has 0 saturated heterocycles. The molecule has 0 spiro atoms. The van der Waals surface area contributed by atoms with Crippen LogP contribution in [0, 0.1) is 0 Å². The maximum atomic E-state index is 12.9. The smallest absolute Gasteiger partial charge is 0.339 e. The lowest BCUT2D eigenvalue weighted by molar-refractivity contribution is 0.0587. The quantitative estimate of drug-likeness (QED) is 0.435. The molecule has 1 N–H and O–H groups in total. The predicted molar refractivity (Wildman–Crippen MR) is 136 cm³/mol. The summed E-state index contributed by atoms with van der Waals surface area (Å²) >= 11 is 6.02. The fraction of sp³-hybridized carbons (Fsp3) is 0.160. The fourth-order valence-corrected chi connectivity index (χ4v) is 4.40. The van der Waals surface area contributed by atoms with Crippen LogP contribution >= 0.6 is 11.6 Å². The largest absolute Gasteiger partial charge is 0.465 e. The first-order valence-corrected chi connectivity index (χ1v) is 12.7. The van der Waals surface area contributed by atoms with Crippen molar-refractivity contribution in [2.24, 2.45) is 0 Å². The number of carbonyl (C=O) groups is 3. The fourth-order valence-electron chi connectivity index (χ4n) is 3.33. The van der Waals surface area contributed by atoms with Gasteiger partial charge in [0.25, 0.3) is 5.91 Å². The third kappa shape index (κ3) is 6.41. The van der Waals surface area contributed by atoms with E-state index in [0.29, 0.717) is 16.3 Å². The Kier molecular flexibility index (Phi) is 8.33. The van der Waals surface area contributed by atoms with E-state index >= 15 is 0 Å². The number of hydrogen-bond donors (Lipinski definition) is 1. The highest BCUT2D eigenvalue weighted by atomic mass is 35.5. The maximum Gasteiger partial charge on any atom is 0.339 e. The van der Waals surface area contributed by atoms with Crippen molar-refractivity contribution >= 4 is 50.8 Å². The number of sulfonamides is 1. The van der Waals surface area contributed by atoms with Crippen LogP contribution in [-0.2, 0) is 26.0 Å². The first-order valence-electron chi connectivity index (χ1n) is 10.5. The Balaban J connectivity index is 1.84. The minimum Gasteiger partial charge on any atom is -0.465 e. The van der Waals surface area contributed by atoms with Crippen molar-refractivity contribution in [2.45, 2.75) is 6.54 Å². The summed E-state index contributed by atoms with van der Waals surface area (Å²) in [7, 11) is -1.20. The molecule has 3 rings (SSSR count). The minimum absolute atomic E-state index is 0.0226. The number of anilines is 2. The van der Waals surface area contributed by atoms with E-state index < -0.39 is 27.9 Å². The summed E-state index contributed by atoms with van der Waals surface area (Å²) in [5.41, 5.74) is 1.54. The Bertz CT molecular complexity index is 1410. The first kappa shape index (κ1) is 26.7. The van der Waals surface area contributed by atoms with Gasteiger partial charge in [-0.25, -0.2) is 18.0 Å². The molecule has 3 aromatic rings. The lowest BCUT2D eigenvalue weighted by Gasteiger charge is -2.22. The molecule has 0 bridgehead atoms. The van der Waals surface area contributed by atoms with Gasteiger partial charge in [0.2, 0.25) is 10.0 Å². The number of carbonyl (C=O) groups excluding carboxylic acids is 3. The zero-order chi connectivity index (χ0) is 26.5. The van der Waals surface area contributed by atoms with E-state index in [4.69, 9.17) is 21.1 Å². The van der Waals surface area contributed by atoms with Crippen LogP contribution in [0.1, 0.15) is 36.6 Å². The number of ether oxygens (including phenoxy) is 2. The second-order valence-corrected chi connectivity index (χ2v) is 9.99. The number of rotatable bonds is 8. The average Bonchev–Trinajstić information content (AvgIpc) is 2.85. The van der Waals surface area contributed by atoms with Crippen LogP contribution in [0.15, 0.2) is 66.7 Å². The van der Waals surface area contributed by atoms with Gasteiger partial charge in [0.15, 0.2) is 0 Å². The summed E-state index contributed by atoms with van der Waals surface area (Å²) in [4.78, 5) is 36.9. The second kappa shape index (κ2) is 11.2. The Morgan fingerprint density at radius 1 is 0.889 bits per heavy atom. The van der Waals surface area contributed by atoms with Gasteiger partial charge in [0, 0.05) is 10.6 Å². The van der Waals surface area contributed by atoms with E-state index in [1.54, 1.807) is 36.4 Å². The minimum atomic E-state index is -3.62. The van der Waals surface area contributed by atoms with Gasteiger partial charge in [0.1, 0.15) is 0 Å². The molecule has 0 fully saturated rings. The Morgan fingerprint density at radius 2 is 1.53 bits per heavy atom. The van der Waals surface area contributed by atoms with Crippen molar-refractivity contribution in [3.05, 3.63) is 94.0 Å². The number of esters is 2. The Hall–Kier alpha value is -3.89. The molecule has 9 nitrogen and oxygen atoms in total. The second-order valence-electron chi connectivity index (χ2n) is 7.64. The number of halogens is 1. The number of benzene rings is 3. The van der Waals surface area contributed by atoms with Crippen molar-refractivity contribution in [3.63, 3.8) is 0 Å². The Morgan fingerprint density at radius 3 is 2.11 bits per heavy atom. The highest BCUT2D eigenvalue weighted by molar-refractivity contribution is 7.92. The van der Waals surface area contributed by atoms with Gasteiger partial charge >= 0.3 is 11.9 Å². The van der Waals surface area contributed by atoms with Gasteiger partial charge in [-0.2, -0.15) is 0 Å². The van der Waals surface area contributed by atoms with Crippen LogP contribution in [0.25, 0.3) is 0 Å². The number of nitrogens with one attached hydrogen (secondary N) is 1. The highest BCUT2D eigenvalue weighted by Gasteiger charge is 2.20. The molecule has 0 radical (unpaired) electrons. The normalized spacial score (nSPS) is 10.9. The van der Waals surface area contributed by atoms with Crippen LogP contribution in [0.4, 0.5) is 11.4 Å². The van der Waals surface area contributed by atoms with Gasteiger partial charge in [0.05, 0.1) is 49.5 Å². The molecule has 0 saturated carbocycles. The molecular weight excluding hydrogens is 508 g/mol. The zero-order valence-corrected chi connectivity index (χ0v) is 21.2. The van der Waals surface area contributed by atoms with E-state index in [2.05, 4.69) is 5.32 Å². The molecule has 0 heterocycles. The molecule has 36 heavy (non-hydrogen) atoms. The lowest BCUT2D eigenvalue weighted by Crippen LogP contribution is -2.29. The number of amides is 1. The van der Waals surface area contributed by atoms with Crippen molar-refractivity contribution in [3.8, 4) is 0 Å². The Labute approximate surface area is 213 Å². The molecule has 0 atom stereocenters. The van der Waals surface area contributed by atoms with Crippen molar-refractivity contribution in [1.82, 2.24) is 0 Å². The van der Waals surface area contributed by atoms with Crippen molar-refractivity contribution in [1.29, 1.82) is 0 Å². The van der Waals surface area contributed by atoms with E-state index in [0.717, 1.165) is 6.26 Å². The average molecular weight is 531 g/mol. The van der Waals surface area contributed by atoms with Crippen molar-refractivity contribution < 1.29 is 32.3 Å². The van der Waals surface area contributed by atoms with E-state index in [1.165, 1.54) is 48.9 Å². The predicted octanol–water partition coefficient (Wildman–Crippen LogP) is 4.13. The zero-order valence-electron chi connectivity index (χ0n) is 19.6. The summed E-state index contributed by atoms with van der Waals surface area (Å²) in [5.74, 6) is -1.89. The molecule has 188 valence electrons. The number of nitrogens with zero attached hydrogens (tertiary/aromatic N) is 1. The third-order valence-corrected chi connectivity index (χ3v) is 6.51. The molecule has 11 heteroatoms. The SMILES string of the molecule is COC(=O)c1ccc(C(=O)OC)c(NC(=O)c2ccc(CN(c3cccc(Cl)c3)S(C)(=O)=O)cc2)c1. The molecule has 0 aliphatic carbocycles. The van der Waals surface area contributed by atoms with Crippen LogP contribution < -0.4 is 9.62 Å². The van der Waals surface area contributed by atoms with Crippen LogP contribution in [0.2, 0.25) is 5.02 Å². The maximum absolute atomic E-state index is 12.9. The monoisotopic (exact) mass is 530 g/mol. The van der Waals surface area contributed by atoms with Gasteiger partial charge in [-0.05, 0) is 54.1 Å². The topological polar surface area (TPSA) is 119 Å². The molecule has 0 aliphatic rings. The van der Waals surface area contributed by atoms with Crippen LogP contribution in [0.3, 0.4) is 0 Å². The van der Waals surface area contributed by atoms with Gasteiger partial charge in [-0.1, -0.05) is 29.8 Å². The van der Waals surface area contributed by atoms with Crippen LogP contribution in [0.5, 0.6) is 0 Å². The van der Waals surface area contributed by atoms with E-state index in [-0.39, 0.29) is 28.9 Å². The highest BCUT2D eigenvalue weighted by Crippen LogP contribution is 2.25. The summed E-state index contributed by atoms with van der Waals surface area (Å²) in [6.45, 7) is 0.0226. The van der Waals surface area contributed by atoms with Gasteiger partial charge in [-0.3, -0.25) is 9.10 Å². The lowest BCUT2D eigenvalue weighted by atomic mass is 10.1. The molecule has 0 unspecified atom stereocenters. The van der Waals surface area contributed by atoms with Gasteiger partial charge in [-0.15, -0.1) is 0 Å². The molecule has 0 aliphatic heterocycles. The standard InChI is InChI=1S/C25H23ClN2O7S/c1-34-24(30)18-11-12-21(25(31)35-2)22(13-18)27-23(29)17-9-7-16(8-10-17)15-28(36(3,32)33)20-6-4-5-19(26)14-20/h4-14H,15H2,1-3H3,(H,27,29). The van der Waals surface area contributed by atoms with Crippen LogP contribution in [-0.4, -0.2) is 46.7 Å². The molecule has 1 amide bonds. The number of hydrogen-bond acceptors (Lipinski definition) is 7.